The summed E-state index contributed by atoms with van der Waals surface area (Å²) < 4.78 is 13.3. The van der Waals surface area contributed by atoms with Crippen molar-refractivity contribution in [1.82, 2.24) is 14.9 Å². The van der Waals surface area contributed by atoms with E-state index in [1.54, 1.807) is 17.0 Å². The van der Waals surface area contributed by atoms with Crippen LogP contribution in [0.5, 0.6) is 0 Å². The molecular formula is C24H23FN4O. The zero-order valence-electron chi connectivity index (χ0n) is 16.7. The molecule has 3 aromatic carbocycles. The molecule has 30 heavy (non-hydrogen) atoms. The SMILES string of the molecule is Cc1ccc(NC(=O)N(CCc2nc3ccccc3[nH]2)Cc2ccc(F)cc2)cc1. The molecule has 0 aliphatic heterocycles. The number of aromatic nitrogens is 2. The number of nitrogens with one attached hydrogen (secondary N) is 2. The second kappa shape index (κ2) is 8.78. The predicted octanol–water partition coefficient (Wildman–Crippen LogP) is 5.29. The number of anilines is 1. The monoisotopic (exact) mass is 402 g/mol. The van der Waals surface area contributed by atoms with Crippen LogP contribution < -0.4 is 5.32 Å². The Hall–Kier alpha value is -3.67. The van der Waals surface area contributed by atoms with Gasteiger partial charge in [0.25, 0.3) is 0 Å². The number of H-pyrrole nitrogens is 1. The summed E-state index contributed by atoms with van der Waals surface area (Å²) in [7, 11) is 0. The van der Waals surface area contributed by atoms with Crippen molar-refractivity contribution in [2.75, 3.05) is 11.9 Å². The summed E-state index contributed by atoms with van der Waals surface area (Å²) in [6, 6.07) is 21.5. The first-order chi connectivity index (χ1) is 14.6. The third-order valence-corrected chi connectivity index (χ3v) is 4.93. The maximum atomic E-state index is 13.3. The summed E-state index contributed by atoms with van der Waals surface area (Å²) in [5.41, 5.74) is 4.60. The lowest BCUT2D eigenvalue weighted by Crippen LogP contribution is -2.36. The third-order valence-electron chi connectivity index (χ3n) is 4.93. The van der Waals surface area contributed by atoms with Crippen molar-refractivity contribution in [3.8, 4) is 0 Å². The molecule has 0 spiro atoms. The average Bonchev–Trinajstić information content (AvgIpc) is 3.17. The first-order valence-electron chi connectivity index (χ1n) is 9.87. The van der Waals surface area contributed by atoms with Gasteiger partial charge in [0, 0.05) is 25.2 Å². The van der Waals surface area contributed by atoms with Crippen LogP contribution in [0.2, 0.25) is 0 Å². The highest BCUT2D eigenvalue weighted by Crippen LogP contribution is 2.14. The number of urea groups is 1. The molecule has 2 amide bonds. The Morgan fingerprint density at radius 2 is 1.77 bits per heavy atom. The topological polar surface area (TPSA) is 61.0 Å². The highest BCUT2D eigenvalue weighted by molar-refractivity contribution is 5.89. The van der Waals surface area contributed by atoms with Crippen LogP contribution in [0.25, 0.3) is 11.0 Å². The van der Waals surface area contributed by atoms with Crippen LogP contribution in [0.4, 0.5) is 14.9 Å². The zero-order valence-corrected chi connectivity index (χ0v) is 16.7. The number of hydrogen-bond donors (Lipinski definition) is 2. The number of carbonyl (C=O) groups is 1. The second-order valence-electron chi connectivity index (χ2n) is 7.29. The third kappa shape index (κ3) is 4.84. The Labute approximate surface area is 174 Å². The lowest BCUT2D eigenvalue weighted by molar-refractivity contribution is 0.209. The number of imidazole rings is 1. The highest BCUT2D eigenvalue weighted by atomic mass is 19.1. The number of aryl methyl sites for hydroxylation is 1. The molecule has 1 aromatic heterocycles. The minimum absolute atomic E-state index is 0.209. The number of aromatic amines is 1. The van der Waals surface area contributed by atoms with Crippen molar-refractivity contribution < 1.29 is 9.18 Å². The summed E-state index contributed by atoms with van der Waals surface area (Å²) in [5, 5.41) is 2.95. The van der Waals surface area contributed by atoms with Gasteiger partial charge in [0.1, 0.15) is 11.6 Å². The van der Waals surface area contributed by atoms with Crippen LogP contribution in [0.3, 0.4) is 0 Å². The standard InChI is InChI=1S/C24H23FN4O/c1-17-6-12-20(13-7-17)26-24(30)29(16-18-8-10-19(25)11-9-18)15-14-23-27-21-4-2-3-5-22(21)28-23/h2-13H,14-16H2,1H3,(H,26,30)(H,27,28). The lowest BCUT2D eigenvalue weighted by atomic mass is 10.2. The largest absolute Gasteiger partial charge is 0.342 e. The molecule has 5 nitrogen and oxygen atoms in total. The average molecular weight is 402 g/mol. The number of rotatable bonds is 6. The smallest absolute Gasteiger partial charge is 0.322 e. The molecule has 2 N–H and O–H groups in total. The van der Waals surface area contributed by atoms with E-state index in [-0.39, 0.29) is 11.8 Å². The molecule has 0 aliphatic carbocycles. The van der Waals surface area contributed by atoms with Crippen LogP contribution in [0.15, 0.2) is 72.8 Å². The van der Waals surface area contributed by atoms with Crippen molar-refractivity contribution in [3.05, 3.63) is 95.6 Å². The van der Waals surface area contributed by atoms with Crippen LogP contribution in [0, 0.1) is 12.7 Å². The fourth-order valence-corrected chi connectivity index (χ4v) is 3.27. The summed E-state index contributed by atoms with van der Waals surface area (Å²) in [4.78, 5) is 22.6. The van der Waals surface area contributed by atoms with Gasteiger partial charge in [0.15, 0.2) is 0 Å². The van der Waals surface area contributed by atoms with E-state index >= 15 is 0 Å². The van der Waals surface area contributed by atoms with E-state index in [0.29, 0.717) is 19.5 Å². The molecule has 0 fully saturated rings. The molecule has 0 atom stereocenters. The Morgan fingerprint density at radius 1 is 1.03 bits per heavy atom. The van der Waals surface area contributed by atoms with E-state index in [1.807, 2.05) is 55.5 Å². The first-order valence-corrected chi connectivity index (χ1v) is 9.87. The molecule has 0 bridgehead atoms. The van der Waals surface area contributed by atoms with Gasteiger partial charge in [-0.25, -0.2) is 14.2 Å². The summed E-state index contributed by atoms with van der Waals surface area (Å²) >= 11 is 0. The quantitative estimate of drug-likeness (QED) is 0.460. The maximum Gasteiger partial charge on any atom is 0.322 e. The van der Waals surface area contributed by atoms with E-state index in [4.69, 9.17) is 0 Å². The molecule has 1 heterocycles. The Balaban J connectivity index is 1.49. The molecule has 0 unspecified atom stereocenters. The Kier molecular flexibility index (Phi) is 5.75. The van der Waals surface area contributed by atoms with Crippen LogP contribution in [0.1, 0.15) is 17.0 Å². The zero-order chi connectivity index (χ0) is 20.9. The number of halogens is 1. The van der Waals surface area contributed by atoms with Crippen LogP contribution >= 0.6 is 0 Å². The van der Waals surface area contributed by atoms with Gasteiger partial charge in [-0.3, -0.25) is 0 Å². The van der Waals surface area contributed by atoms with Gasteiger partial charge in [-0.05, 0) is 48.9 Å². The van der Waals surface area contributed by atoms with Crippen molar-refractivity contribution >= 4 is 22.8 Å². The molecule has 0 aliphatic rings. The van der Waals surface area contributed by atoms with E-state index in [0.717, 1.165) is 33.7 Å². The number of benzene rings is 3. The summed E-state index contributed by atoms with van der Waals surface area (Å²) in [5.74, 6) is 0.528. The molecule has 4 rings (SSSR count). The van der Waals surface area contributed by atoms with Crippen molar-refractivity contribution in [3.63, 3.8) is 0 Å². The molecule has 0 radical (unpaired) electrons. The van der Waals surface area contributed by atoms with Gasteiger partial charge < -0.3 is 15.2 Å². The highest BCUT2D eigenvalue weighted by Gasteiger charge is 2.16. The predicted molar refractivity (Wildman–Crippen MR) is 117 cm³/mol. The molecule has 4 aromatic rings. The fraction of sp³-hybridized carbons (Fsp3) is 0.167. The number of carbonyl (C=O) groups excluding carboxylic acids is 1. The fourth-order valence-electron chi connectivity index (χ4n) is 3.27. The van der Waals surface area contributed by atoms with E-state index in [9.17, 15) is 9.18 Å². The van der Waals surface area contributed by atoms with Crippen LogP contribution in [-0.4, -0.2) is 27.4 Å². The van der Waals surface area contributed by atoms with Crippen molar-refractivity contribution in [2.24, 2.45) is 0 Å². The van der Waals surface area contributed by atoms with E-state index in [2.05, 4.69) is 15.3 Å². The first kappa shape index (κ1) is 19.6. The normalized spacial score (nSPS) is 10.9. The number of nitrogens with zero attached hydrogens (tertiary/aromatic N) is 2. The lowest BCUT2D eigenvalue weighted by Gasteiger charge is -2.23. The van der Waals surface area contributed by atoms with Crippen molar-refractivity contribution in [2.45, 2.75) is 19.9 Å². The number of hydrogen-bond acceptors (Lipinski definition) is 2. The van der Waals surface area contributed by atoms with Gasteiger partial charge >= 0.3 is 6.03 Å². The summed E-state index contributed by atoms with van der Waals surface area (Å²) in [6.07, 6.45) is 0.581. The number of para-hydroxylation sites is 2. The number of amides is 2. The Bertz CT molecular complexity index is 1100. The van der Waals surface area contributed by atoms with Gasteiger partial charge in [0.2, 0.25) is 0 Å². The van der Waals surface area contributed by atoms with Gasteiger partial charge in [-0.1, -0.05) is 42.0 Å². The minimum atomic E-state index is -0.295. The van der Waals surface area contributed by atoms with Crippen molar-refractivity contribution in [1.29, 1.82) is 0 Å². The molecule has 0 saturated carbocycles. The Morgan fingerprint density at radius 3 is 2.50 bits per heavy atom. The van der Waals surface area contributed by atoms with E-state index in [1.165, 1.54) is 12.1 Å². The van der Waals surface area contributed by atoms with Gasteiger partial charge in [-0.2, -0.15) is 0 Å². The van der Waals surface area contributed by atoms with E-state index < -0.39 is 0 Å². The molecular weight excluding hydrogens is 379 g/mol. The van der Waals surface area contributed by atoms with Crippen LogP contribution in [-0.2, 0) is 13.0 Å². The van der Waals surface area contributed by atoms with Gasteiger partial charge in [0.05, 0.1) is 11.0 Å². The number of fused-ring (bicyclic) bond motifs is 1. The summed E-state index contributed by atoms with van der Waals surface area (Å²) in [6.45, 7) is 2.84. The minimum Gasteiger partial charge on any atom is -0.342 e. The van der Waals surface area contributed by atoms with Gasteiger partial charge in [-0.15, -0.1) is 0 Å². The second-order valence-corrected chi connectivity index (χ2v) is 7.29. The molecule has 152 valence electrons. The molecule has 6 heteroatoms. The molecule has 0 saturated heterocycles. The maximum absolute atomic E-state index is 13.3.